The molecule has 2 nitrogen and oxygen atoms in total. The van der Waals surface area contributed by atoms with Crippen LogP contribution in [0.2, 0.25) is 0 Å². The quantitative estimate of drug-likeness (QED) is 0.587. The number of aliphatic carboxylic acids is 1. The van der Waals surface area contributed by atoms with Crippen LogP contribution in [0.4, 0.5) is 0 Å². The first-order valence-corrected chi connectivity index (χ1v) is 4.55. The zero-order valence-corrected chi connectivity index (χ0v) is 7.17. The average molecular weight is 240 g/mol. The van der Waals surface area contributed by atoms with Crippen molar-refractivity contribution in [3.05, 3.63) is 0 Å². The third kappa shape index (κ3) is 1.56. The summed E-state index contributed by atoms with van der Waals surface area (Å²) in [5.41, 5.74) is 0. The van der Waals surface area contributed by atoms with Crippen LogP contribution >= 0.6 is 22.6 Å². The Morgan fingerprint density at radius 2 is 2.22 bits per heavy atom. The van der Waals surface area contributed by atoms with Crippen molar-refractivity contribution in [3.63, 3.8) is 0 Å². The maximum absolute atomic E-state index is 10.2. The van der Waals surface area contributed by atoms with Crippen LogP contribution in [-0.4, -0.2) is 15.5 Å². The minimum Gasteiger partial charge on any atom is -0.481 e. The van der Waals surface area contributed by atoms with Gasteiger partial charge in [0.1, 0.15) is 0 Å². The van der Waals surface area contributed by atoms with Crippen molar-refractivity contribution in [2.45, 2.75) is 12.8 Å². The zero-order chi connectivity index (χ0) is 6.85. The number of carboxylic acids is 1. The lowest BCUT2D eigenvalue weighted by atomic mass is 9.76. The maximum atomic E-state index is 10.2. The highest BCUT2D eigenvalue weighted by atomic mass is 127. The number of hydrogen-bond donors (Lipinski definition) is 1. The van der Waals surface area contributed by atoms with E-state index in [-0.39, 0.29) is 5.92 Å². The van der Waals surface area contributed by atoms with Crippen LogP contribution in [0, 0.1) is 11.8 Å². The molecule has 1 saturated carbocycles. The van der Waals surface area contributed by atoms with Crippen molar-refractivity contribution in [1.29, 1.82) is 0 Å². The van der Waals surface area contributed by atoms with Gasteiger partial charge in [-0.15, -0.1) is 0 Å². The fraction of sp³-hybridized carbons (Fsp3) is 0.833. The summed E-state index contributed by atoms with van der Waals surface area (Å²) in [5, 5.41) is 8.44. The second-order valence-electron chi connectivity index (χ2n) is 2.53. The molecule has 0 heterocycles. The Bertz CT molecular complexity index is 118. The summed E-state index contributed by atoms with van der Waals surface area (Å²) in [6.45, 7) is 0. The summed E-state index contributed by atoms with van der Waals surface area (Å²) >= 11 is 2.31. The molecule has 1 aliphatic carbocycles. The predicted octanol–water partition coefficient (Wildman–Crippen LogP) is 1.53. The van der Waals surface area contributed by atoms with Gasteiger partial charge in [0.25, 0.3) is 0 Å². The molecular weight excluding hydrogens is 231 g/mol. The molecule has 0 aromatic rings. The van der Waals surface area contributed by atoms with E-state index in [0.29, 0.717) is 5.92 Å². The Morgan fingerprint density at radius 1 is 1.67 bits per heavy atom. The lowest BCUT2D eigenvalue weighted by Crippen LogP contribution is -2.30. The average Bonchev–Trinajstić information content (AvgIpc) is 1.61. The highest BCUT2D eigenvalue weighted by molar-refractivity contribution is 14.1. The number of carboxylic acid groups (broad SMARTS) is 1. The van der Waals surface area contributed by atoms with Crippen molar-refractivity contribution < 1.29 is 9.90 Å². The smallest absolute Gasteiger partial charge is 0.306 e. The minimum atomic E-state index is -0.615. The van der Waals surface area contributed by atoms with Crippen molar-refractivity contribution in [2.75, 3.05) is 4.43 Å². The third-order valence-corrected chi connectivity index (χ3v) is 3.05. The minimum absolute atomic E-state index is 0.0234. The SMILES string of the molecule is O=C(O)C1CC(CI)C1. The van der Waals surface area contributed by atoms with Crippen LogP contribution in [0.5, 0.6) is 0 Å². The van der Waals surface area contributed by atoms with Crippen LogP contribution in [0.25, 0.3) is 0 Å². The Labute approximate surface area is 67.8 Å². The number of carbonyl (C=O) groups is 1. The highest BCUT2D eigenvalue weighted by Crippen LogP contribution is 2.34. The van der Waals surface area contributed by atoms with E-state index in [0.717, 1.165) is 17.3 Å². The second kappa shape index (κ2) is 2.86. The van der Waals surface area contributed by atoms with Gasteiger partial charge in [-0.1, -0.05) is 22.6 Å². The molecule has 0 aliphatic heterocycles. The van der Waals surface area contributed by atoms with E-state index in [9.17, 15) is 4.79 Å². The van der Waals surface area contributed by atoms with Gasteiger partial charge in [0, 0.05) is 4.43 Å². The molecule has 1 N–H and O–H groups in total. The molecule has 0 saturated heterocycles. The van der Waals surface area contributed by atoms with Gasteiger partial charge >= 0.3 is 5.97 Å². The summed E-state index contributed by atoms with van der Waals surface area (Å²) in [6.07, 6.45) is 1.80. The molecule has 0 aromatic heterocycles. The van der Waals surface area contributed by atoms with Crippen molar-refractivity contribution >= 4 is 28.6 Å². The van der Waals surface area contributed by atoms with Crippen molar-refractivity contribution in [1.82, 2.24) is 0 Å². The Balaban J connectivity index is 2.19. The van der Waals surface area contributed by atoms with Gasteiger partial charge in [0.15, 0.2) is 0 Å². The van der Waals surface area contributed by atoms with Crippen LogP contribution in [0.3, 0.4) is 0 Å². The topological polar surface area (TPSA) is 37.3 Å². The van der Waals surface area contributed by atoms with E-state index in [1.165, 1.54) is 0 Å². The molecule has 0 aromatic carbocycles. The van der Waals surface area contributed by atoms with Crippen molar-refractivity contribution in [2.24, 2.45) is 11.8 Å². The molecule has 0 amide bonds. The molecule has 1 rings (SSSR count). The lowest BCUT2D eigenvalue weighted by molar-refractivity contribution is -0.145. The second-order valence-corrected chi connectivity index (χ2v) is 3.41. The van der Waals surface area contributed by atoms with Crippen LogP contribution in [0.1, 0.15) is 12.8 Å². The molecule has 9 heavy (non-hydrogen) atoms. The first-order valence-electron chi connectivity index (χ1n) is 3.02. The number of alkyl halides is 1. The molecule has 0 unspecified atom stereocenters. The van der Waals surface area contributed by atoms with Gasteiger partial charge in [0.05, 0.1) is 5.92 Å². The van der Waals surface area contributed by atoms with Gasteiger partial charge in [-0.2, -0.15) is 0 Å². The third-order valence-electron chi connectivity index (χ3n) is 1.80. The molecule has 0 bridgehead atoms. The Morgan fingerprint density at radius 3 is 2.56 bits per heavy atom. The maximum Gasteiger partial charge on any atom is 0.306 e. The fourth-order valence-electron chi connectivity index (χ4n) is 1.06. The number of hydrogen-bond acceptors (Lipinski definition) is 1. The highest BCUT2D eigenvalue weighted by Gasteiger charge is 2.33. The van der Waals surface area contributed by atoms with E-state index in [1.807, 2.05) is 0 Å². The van der Waals surface area contributed by atoms with Crippen molar-refractivity contribution in [3.8, 4) is 0 Å². The van der Waals surface area contributed by atoms with Crippen LogP contribution in [0.15, 0.2) is 0 Å². The largest absolute Gasteiger partial charge is 0.481 e. The monoisotopic (exact) mass is 240 g/mol. The van der Waals surface area contributed by atoms with Gasteiger partial charge in [-0.25, -0.2) is 0 Å². The van der Waals surface area contributed by atoms with Gasteiger partial charge in [-0.05, 0) is 18.8 Å². The van der Waals surface area contributed by atoms with E-state index in [1.54, 1.807) is 0 Å². The first kappa shape index (κ1) is 7.31. The van der Waals surface area contributed by atoms with E-state index >= 15 is 0 Å². The van der Waals surface area contributed by atoms with E-state index in [4.69, 9.17) is 5.11 Å². The summed E-state index contributed by atoms with van der Waals surface area (Å²) in [4.78, 5) is 10.2. The van der Waals surface area contributed by atoms with Crippen LogP contribution in [-0.2, 0) is 4.79 Å². The fourth-order valence-corrected chi connectivity index (χ4v) is 1.78. The molecule has 0 radical (unpaired) electrons. The lowest BCUT2D eigenvalue weighted by Gasteiger charge is -2.30. The molecule has 1 fully saturated rings. The summed E-state index contributed by atoms with van der Waals surface area (Å²) in [7, 11) is 0. The summed E-state index contributed by atoms with van der Waals surface area (Å²) in [6, 6.07) is 0. The standard InChI is InChI=1S/C6H9IO2/c7-3-4-1-5(2-4)6(8)9/h4-5H,1-3H2,(H,8,9). The Kier molecular flexibility index (Phi) is 2.32. The zero-order valence-electron chi connectivity index (χ0n) is 5.01. The van der Waals surface area contributed by atoms with E-state index in [2.05, 4.69) is 22.6 Å². The Hall–Kier alpha value is 0.200. The van der Waals surface area contributed by atoms with Gasteiger partial charge in [-0.3, -0.25) is 4.79 Å². The summed E-state index contributed by atoms with van der Waals surface area (Å²) < 4.78 is 1.11. The predicted molar refractivity (Wildman–Crippen MR) is 42.7 cm³/mol. The molecular formula is C6H9IO2. The van der Waals surface area contributed by atoms with Gasteiger partial charge < -0.3 is 5.11 Å². The van der Waals surface area contributed by atoms with Crippen LogP contribution < -0.4 is 0 Å². The number of rotatable bonds is 2. The van der Waals surface area contributed by atoms with Gasteiger partial charge in [0.2, 0.25) is 0 Å². The molecule has 1 aliphatic rings. The van der Waals surface area contributed by atoms with E-state index < -0.39 is 5.97 Å². The molecule has 0 spiro atoms. The number of halogens is 1. The first-order chi connectivity index (χ1) is 4.24. The normalized spacial score (nSPS) is 33.4. The molecule has 3 heteroatoms. The summed E-state index contributed by atoms with van der Waals surface area (Å²) in [5.74, 6) is 0.0487. The molecule has 52 valence electrons. The molecule has 0 atom stereocenters.